The van der Waals surface area contributed by atoms with Gasteiger partial charge in [0.15, 0.2) is 0 Å². The molecule has 0 saturated heterocycles. The second-order valence-corrected chi connectivity index (χ2v) is 4.59. The molecule has 5 heteroatoms. The van der Waals surface area contributed by atoms with Crippen LogP contribution in [0.25, 0.3) is 22.0 Å². The number of amides is 1. The molecule has 1 aromatic heterocycles. The van der Waals surface area contributed by atoms with Gasteiger partial charge in [0.2, 0.25) is 0 Å². The molecule has 0 saturated carbocycles. The number of carbonyl (C=O) groups excluding carboxylic acids is 1. The Balaban J connectivity index is 2.15. The highest BCUT2D eigenvalue weighted by atomic mass is 16.1. The second-order valence-electron chi connectivity index (χ2n) is 4.59. The quantitative estimate of drug-likeness (QED) is 0.753. The number of H-pyrrole nitrogens is 1. The van der Waals surface area contributed by atoms with Gasteiger partial charge in [0.25, 0.3) is 11.5 Å². The van der Waals surface area contributed by atoms with Gasteiger partial charge in [0, 0.05) is 18.2 Å². The molecule has 0 bridgehead atoms. The number of fused-ring (bicyclic) bond motifs is 1. The van der Waals surface area contributed by atoms with E-state index in [1.807, 2.05) is 24.3 Å². The van der Waals surface area contributed by atoms with Crippen molar-refractivity contribution >= 4 is 16.8 Å². The van der Waals surface area contributed by atoms with Crippen LogP contribution >= 0.6 is 0 Å². The van der Waals surface area contributed by atoms with Gasteiger partial charge in [0.05, 0.1) is 17.2 Å². The van der Waals surface area contributed by atoms with E-state index >= 15 is 0 Å². The summed E-state index contributed by atoms with van der Waals surface area (Å²) < 4.78 is 0. The zero-order chi connectivity index (χ0) is 14.8. The minimum absolute atomic E-state index is 0.131. The zero-order valence-corrected chi connectivity index (χ0v) is 11.4. The lowest BCUT2D eigenvalue weighted by Gasteiger charge is -2.06. The lowest BCUT2D eigenvalue weighted by molar-refractivity contribution is 0.0963. The summed E-state index contributed by atoms with van der Waals surface area (Å²) >= 11 is 0. The maximum absolute atomic E-state index is 11.8. The summed E-state index contributed by atoms with van der Waals surface area (Å²) in [6, 6.07) is 12.7. The molecule has 0 atom stereocenters. The molecule has 0 fully saturated rings. The fourth-order valence-electron chi connectivity index (χ4n) is 2.28. The Bertz CT molecular complexity index is 867. The van der Waals surface area contributed by atoms with Crippen molar-refractivity contribution in [2.24, 2.45) is 0 Å². The fourth-order valence-corrected chi connectivity index (χ4v) is 2.28. The van der Waals surface area contributed by atoms with E-state index in [4.69, 9.17) is 0 Å². The third-order valence-corrected chi connectivity index (χ3v) is 3.36. The molecular formula is C16H13N3O2. The second kappa shape index (κ2) is 5.20. The number of nitrogens with zero attached hydrogens (tertiary/aromatic N) is 1. The molecule has 2 N–H and O–H groups in total. The van der Waals surface area contributed by atoms with Crippen molar-refractivity contribution in [3.05, 3.63) is 64.7 Å². The van der Waals surface area contributed by atoms with Crippen LogP contribution in [0.5, 0.6) is 0 Å². The van der Waals surface area contributed by atoms with E-state index in [1.165, 1.54) is 6.33 Å². The van der Waals surface area contributed by atoms with Crippen molar-refractivity contribution in [1.29, 1.82) is 0 Å². The molecule has 104 valence electrons. The molecule has 0 aliphatic heterocycles. The molecule has 3 rings (SSSR count). The van der Waals surface area contributed by atoms with Crippen molar-refractivity contribution in [1.82, 2.24) is 15.3 Å². The summed E-state index contributed by atoms with van der Waals surface area (Å²) in [5.74, 6) is -0.131. The van der Waals surface area contributed by atoms with Gasteiger partial charge in [-0.05, 0) is 23.8 Å². The molecule has 0 spiro atoms. The Morgan fingerprint density at radius 3 is 2.62 bits per heavy atom. The molecule has 0 aliphatic carbocycles. The number of aromatic nitrogens is 2. The molecule has 0 aliphatic rings. The fraction of sp³-hybridized carbons (Fsp3) is 0.0625. The Labute approximate surface area is 120 Å². The van der Waals surface area contributed by atoms with Crippen molar-refractivity contribution in [2.45, 2.75) is 0 Å². The van der Waals surface area contributed by atoms with E-state index in [1.54, 1.807) is 25.2 Å². The number of rotatable bonds is 2. The van der Waals surface area contributed by atoms with Crippen LogP contribution in [0.15, 0.2) is 53.6 Å². The van der Waals surface area contributed by atoms with Gasteiger partial charge in [0.1, 0.15) is 0 Å². The van der Waals surface area contributed by atoms with Crippen LogP contribution in [0, 0.1) is 0 Å². The number of aromatic amines is 1. The lowest BCUT2D eigenvalue weighted by Crippen LogP contribution is -2.17. The molecular weight excluding hydrogens is 266 g/mol. The predicted octanol–water partition coefficient (Wildman–Crippen LogP) is 1.95. The summed E-state index contributed by atoms with van der Waals surface area (Å²) in [6.45, 7) is 0. The summed E-state index contributed by atoms with van der Waals surface area (Å²) in [6.07, 6.45) is 1.40. The SMILES string of the molecule is CNC(=O)c1ccc(-c2cccc3c(=O)[nH]cnc23)cc1. The van der Waals surface area contributed by atoms with Crippen molar-refractivity contribution < 1.29 is 4.79 Å². The molecule has 2 aromatic carbocycles. The maximum atomic E-state index is 11.8. The molecule has 21 heavy (non-hydrogen) atoms. The van der Waals surface area contributed by atoms with Gasteiger partial charge in [-0.3, -0.25) is 9.59 Å². The predicted molar refractivity (Wildman–Crippen MR) is 81.2 cm³/mol. The summed E-state index contributed by atoms with van der Waals surface area (Å²) in [5, 5.41) is 3.13. The van der Waals surface area contributed by atoms with E-state index in [-0.39, 0.29) is 11.5 Å². The van der Waals surface area contributed by atoms with E-state index < -0.39 is 0 Å². The van der Waals surface area contributed by atoms with Crippen LogP contribution in [0.4, 0.5) is 0 Å². The molecule has 0 unspecified atom stereocenters. The third kappa shape index (κ3) is 2.29. The van der Waals surface area contributed by atoms with Crippen LogP contribution in [-0.4, -0.2) is 22.9 Å². The van der Waals surface area contributed by atoms with Crippen LogP contribution in [0.3, 0.4) is 0 Å². The van der Waals surface area contributed by atoms with Crippen LogP contribution in [0.1, 0.15) is 10.4 Å². The summed E-state index contributed by atoms with van der Waals surface area (Å²) in [4.78, 5) is 30.2. The summed E-state index contributed by atoms with van der Waals surface area (Å²) in [7, 11) is 1.59. The zero-order valence-electron chi connectivity index (χ0n) is 11.4. The smallest absolute Gasteiger partial charge is 0.258 e. The molecule has 5 nitrogen and oxygen atoms in total. The Hall–Kier alpha value is -2.95. The molecule has 1 heterocycles. The van der Waals surface area contributed by atoms with E-state index in [2.05, 4.69) is 15.3 Å². The van der Waals surface area contributed by atoms with Crippen LogP contribution in [-0.2, 0) is 0 Å². The lowest BCUT2D eigenvalue weighted by atomic mass is 10.0. The average molecular weight is 279 g/mol. The topological polar surface area (TPSA) is 74.8 Å². The molecule has 3 aromatic rings. The normalized spacial score (nSPS) is 10.5. The van der Waals surface area contributed by atoms with Crippen molar-refractivity contribution in [3.63, 3.8) is 0 Å². The first-order chi connectivity index (χ1) is 10.2. The minimum atomic E-state index is -0.163. The highest BCUT2D eigenvalue weighted by molar-refractivity contribution is 5.96. The molecule has 0 radical (unpaired) electrons. The van der Waals surface area contributed by atoms with Gasteiger partial charge >= 0.3 is 0 Å². The Morgan fingerprint density at radius 2 is 1.90 bits per heavy atom. The Morgan fingerprint density at radius 1 is 1.14 bits per heavy atom. The average Bonchev–Trinajstić information content (AvgIpc) is 2.54. The number of nitrogens with one attached hydrogen (secondary N) is 2. The van der Waals surface area contributed by atoms with Gasteiger partial charge < -0.3 is 10.3 Å². The molecule has 1 amide bonds. The van der Waals surface area contributed by atoms with Crippen LogP contribution in [0.2, 0.25) is 0 Å². The first-order valence-corrected chi connectivity index (χ1v) is 6.49. The van der Waals surface area contributed by atoms with Crippen molar-refractivity contribution in [3.8, 4) is 11.1 Å². The maximum Gasteiger partial charge on any atom is 0.258 e. The highest BCUT2D eigenvalue weighted by Gasteiger charge is 2.08. The van der Waals surface area contributed by atoms with Gasteiger partial charge in [-0.15, -0.1) is 0 Å². The van der Waals surface area contributed by atoms with Gasteiger partial charge in [-0.1, -0.05) is 24.3 Å². The monoisotopic (exact) mass is 279 g/mol. The number of hydrogen-bond acceptors (Lipinski definition) is 3. The largest absolute Gasteiger partial charge is 0.355 e. The number of para-hydroxylation sites is 1. The minimum Gasteiger partial charge on any atom is -0.355 e. The van der Waals surface area contributed by atoms with E-state index in [0.29, 0.717) is 16.5 Å². The number of benzene rings is 2. The third-order valence-electron chi connectivity index (χ3n) is 3.36. The van der Waals surface area contributed by atoms with Gasteiger partial charge in [-0.2, -0.15) is 0 Å². The first kappa shape index (κ1) is 13.1. The standard InChI is InChI=1S/C16H13N3O2/c1-17-15(20)11-7-5-10(6-8-11)12-3-2-4-13-14(12)18-9-19-16(13)21/h2-9H,1H3,(H,17,20)(H,18,19,21). The number of carbonyl (C=O) groups is 1. The van der Waals surface area contributed by atoms with Crippen molar-refractivity contribution in [2.75, 3.05) is 7.05 Å². The highest BCUT2D eigenvalue weighted by Crippen LogP contribution is 2.25. The van der Waals surface area contributed by atoms with Gasteiger partial charge in [-0.25, -0.2) is 4.98 Å². The van der Waals surface area contributed by atoms with E-state index in [0.717, 1.165) is 11.1 Å². The number of hydrogen-bond donors (Lipinski definition) is 2. The van der Waals surface area contributed by atoms with E-state index in [9.17, 15) is 9.59 Å². The Kier molecular flexibility index (Phi) is 3.23. The summed E-state index contributed by atoms with van der Waals surface area (Å²) in [5.41, 5.74) is 2.85. The first-order valence-electron chi connectivity index (χ1n) is 6.49. The van der Waals surface area contributed by atoms with Crippen LogP contribution < -0.4 is 10.9 Å².